The minimum atomic E-state index is 0.174. The molecule has 37 heavy (non-hydrogen) atoms. The molecule has 0 saturated carbocycles. The molecule has 0 radical (unpaired) electrons. The minimum Gasteiger partial charge on any atom is -0.361 e. The summed E-state index contributed by atoms with van der Waals surface area (Å²) in [4.78, 5) is 13.2. The molecular formula is C33H40N4. The number of hydrogen-bond donors (Lipinski definition) is 1. The maximum absolute atomic E-state index is 4.67. The van der Waals surface area contributed by atoms with Crippen molar-refractivity contribution in [1.29, 1.82) is 0 Å². The second-order valence-corrected chi connectivity index (χ2v) is 11.5. The maximum Gasteiger partial charge on any atom is 0.0925 e. The summed E-state index contributed by atoms with van der Waals surface area (Å²) in [6.07, 6.45) is 3.99. The van der Waals surface area contributed by atoms with Gasteiger partial charge in [0, 0.05) is 37.1 Å². The van der Waals surface area contributed by atoms with Crippen molar-refractivity contribution in [1.82, 2.24) is 14.9 Å². The first kappa shape index (κ1) is 25.3. The van der Waals surface area contributed by atoms with Crippen molar-refractivity contribution in [2.75, 3.05) is 11.4 Å². The molecule has 1 unspecified atom stereocenters. The van der Waals surface area contributed by atoms with Crippen LogP contribution in [0.5, 0.6) is 0 Å². The zero-order valence-electron chi connectivity index (χ0n) is 22.7. The van der Waals surface area contributed by atoms with Crippen LogP contribution in [-0.4, -0.2) is 27.5 Å². The van der Waals surface area contributed by atoms with Crippen molar-refractivity contribution in [2.24, 2.45) is 0 Å². The first-order valence-electron chi connectivity index (χ1n) is 13.6. The summed E-state index contributed by atoms with van der Waals surface area (Å²) in [5.41, 5.74) is 9.36. The van der Waals surface area contributed by atoms with Crippen molar-refractivity contribution in [2.45, 2.75) is 71.6 Å². The number of imidazole rings is 1. The molecule has 0 aliphatic carbocycles. The number of benzene rings is 3. The number of para-hydroxylation sites is 1. The Hall–Kier alpha value is -3.37. The molecule has 0 fully saturated rings. The van der Waals surface area contributed by atoms with Crippen LogP contribution in [0, 0.1) is 6.92 Å². The minimum absolute atomic E-state index is 0.174. The van der Waals surface area contributed by atoms with Gasteiger partial charge in [0.25, 0.3) is 0 Å². The summed E-state index contributed by atoms with van der Waals surface area (Å²) in [5.74, 6) is 0. The van der Waals surface area contributed by atoms with E-state index in [1.165, 1.54) is 27.9 Å². The first-order valence-corrected chi connectivity index (χ1v) is 13.6. The number of rotatable bonds is 7. The maximum atomic E-state index is 4.67. The SMILES string of the molecule is Cc1[nH]cnc1CN1c2ccccc2CN(Cc2ccc(C(C)(C)C)cc2)CC1CCc1ccccc1. The van der Waals surface area contributed by atoms with Gasteiger partial charge < -0.3 is 9.88 Å². The van der Waals surface area contributed by atoms with E-state index in [-0.39, 0.29) is 5.41 Å². The first-order chi connectivity index (χ1) is 17.9. The second-order valence-electron chi connectivity index (χ2n) is 11.5. The van der Waals surface area contributed by atoms with Crippen LogP contribution in [0.4, 0.5) is 5.69 Å². The van der Waals surface area contributed by atoms with E-state index in [9.17, 15) is 0 Å². The Bertz CT molecular complexity index is 1280. The number of hydrogen-bond acceptors (Lipinski definition) is 3. The van der Waals surface area contributed by atoms with Gasteiger partial charge in [-0.05, 0) is 53.5 Å². The second kappa shape index (κ2) is 10.9. The van der Waals surface area contributed by atoms with Crippen molar-refractivity contribution in [3.63, 3.8) is 0 Å². The van der Waals surface area contributed by atoms with Crippen LogP contribution in [-0.2, 0) is 31.5 Å². The van der Waals surface area contributed by atoms with Gasteiger partial charge in [-0.3, -0.25) is 4.90 Å². The molecule has 3 aromatic carbocycles. The highest BCUT2D eigenvalue weighted by atomic mass is 15.3. The van der Waals surface area contributed by atoms with Gasteiger partial charge in [-0.1, -0.05) is 93.6 Å². The van der Waals surface area contributed by atoms with Crippen LogP contribution in [0.25, 0.3) is 0 Å². The summed E-state index contributed by atoms with van der Waals surface area (Å²) in [6.45, 7) is 12.7. The van der Waals surface area contributed by atoms with E-state index in [1.54, 1.807) is 0 Å². The van der Waals surface area contributed by atoms with E-state index in [0.717, 1.165) is 50.4 Å². The van der Waals surface area contributed by atoms with E-state index >= 15 is 0 Å². The van der Waals surface area contributed by atoms with Crippen LogP contribution in [0.15, 0.2) is 85.2 Å². The van der Waals surface area contributed by atoms with E-state index in [4.69, 9.17) is 0 Å². The van der Waals surface area contributed by atoms with Gasteiger partial charge >= 0.3 is 0 Å². The normalized spacial score (nSPS) is 16.4. The Morgan fingerprint density at radius 1 is 0.865 bits per heavy atom. The average molecular weight is 493 g/mol. The number of fused-ring (bicyclic) bond motifs is 1. The van der Waals surface area contributed by atoms with Crippen LogP contribution < -0.4 is 4.90 Å². The summed E-state index contributed by atoms with van der Waals surface area (Å²) < 4.78 is 0. The number of aryl methyl sites for hydroxylation is 2. The summed E-state index contributed by atoms with van der Waals surface area (Å²) in [6, 6.07) is 29.5. The predicted molar refractivity (Wildman–Crippen MR) is 154 cm³/mol. The number of aromatic nitrogens is 2. The number of nitrogens with zero attached hydrogens (tertiary/aromatic N) is 3. The Labute approximate surface area is 222 Å². The number of H-pyrrole nitrogens is 1. The lowest BCUT2D eigenvalue weighted by Gasteiger charge is -2.34. The Morgan fingerprint density at radius 3 is 2.30 bits per heavy atom. The molecule has 1 atom stereocenters. The molecule has 0 amide bonds. The van der Waals surface area contributed by atoms with E-state index in [2.05, 4.69) is 126 Å². The fraction of sp³-hybridized carbons (Fsp3) is 0.364. The molecule has 1 N–H and O–H groups in total. The fourth-order valence-corrected chi connectivity index (χ4v) is 5.46. The lowest BCUT2D eigenvalue weighted by atomic mass is 9.87. The van der Waals surface area contributed by atoms with Crippen LogP contribution in [0.1, 0.15) is 60.8 Å². The molecule has 2 heterocycles. The van der Waals surface area contributed by atoms with Gasteiger partial charge in [-0.15, -0.1) is 0 Å². The topological polar surface area (TPSA) is 35.2 Å². The molecule has 1 aliphatic heterocycles. The fourth-order valence-electron chi connectivity index (χ4n) is 5.46. The van der Waals surface area contributed by atoms with E-state index in [0.29, 0.717) is 6.04 Å². The monoisotopic (exact) mass is 492 g/mol. The molecule has 0 bridgehead atoms. The molecule has 192 valence electrons. The average Bonchev–Trinajstić information content (AvgIpc) is 3.23. The quantitative estimate of drug-likeness (QED) is 0.300. The van der Waals surface area contributed by atoms with Gasteiger partial charge in [0.05, 0.1) is 18.6 Å². The lowest BCUT2D eigenvalue weighted by Crippen LogP contribution is -2.42. The molecule has 4 heteroatoms. The molecular weight excluding hydrogens is 452 g/mol. The molecule has 4 nitrogen and oxygen atoms in total. The van der Waals surface area contributed by atoms with Crippen molar-refractivity contribution in [3.05, 3.63) is 119 Å². The third-order valence-electron chi connectivity index (χ3n) is 7.69. The summed E-state index contributed by atoms with van der Waals surface area (Å²) in [7, 11) is 0. The highest BCUT2D eigenvalue weighted by Gasteiger charge is 2.29. The van der Waals surface area contributed by atoms with Gasteiger partial charge in [0.15, 0.2) is 0 Å². The standard InChI is InChI=1S/C33H40N4/c1-25-31(35-24-34-25)23-37-30(19-16-26-10-6-5-7-11-26)22-36(21-28-12-8-9-13-32(28)37)20-27-14-17-29(18-15-27)33(2,3)4/h5-15,17-18,24,30H,16,19-23H2,1-4H3,(H,34,35). The molecule has 1 aromatic heterocycles. The van der Waals surface area contributed by atoms with Crippen LogP contribution in [0.3, 0.4) is 0 Å². The van der Waals surface area contributed by atoms with Crippen molar-refractivity contribution < 1.29 is 0 Å². The van der Waals surface area contributed by atoms with Crippen LogP contribution >= 0.6 is 0 Å². The zero-order chi connectivity index (χ0) is 25.8. The van der Waals surface area contributed by atoms with Gasteiger partial charge in [-0.2, -0.15) is 0 Å². The third kappa shape index (κ3) is 6.14. The number of aromatic amines is 1. The van der Waals surface area contributed by atoms with E-state index < -0.39 is 0 Å². The van der Waals surface area contributed by atoms with E-state index in [1.807, 2.05) is 6.33 Å². The number of anilines is 1. The molecule has 5 rings (SSSR count). The highest BCUT2D eigenvalue weighted by Crippen LogP contribution is 2.32. The Kier molecular flexibility index (Phi) is 7.48. The molecule has 4 aromatic rings. The largest absolute Gasteiger partial charge is 0.361 e. The number of nitrogens with one attached hydrogen (secondary N) is 1. The summed E-state index contributed by atoms with van der Waals surface area (Å²) >= 11 is 0. The van der Waals surface area contributed by atoms with Gasteiger partial charge in [-0.25, -0.2) is 4.98 Å². The smallest absolute Gasteiger partial charge is 0.0925 e. The van der Waals surface area contributed by atoms with Crippen LogP contribution in [0.2, 0.25) is 0 Å². The van der Waals surface area contributed by atoms with Crippen molar-refractivity contribution >= 4 is 5.69 Å². The molecule has 1 aliphatic rings. The van der Waals surface area contributed by atoms with Crippen molar-refractivity contribution in [3.8, 4) is 0 Å². The van der Waals surface area contributed by atoms with Gasteiger partial charge in [0.1, 0.15) is 0 Å². The molecule has 0 spiro atoms. The Balaban J connectivity index is 1.44. The summed E-state index contributed by atoms with van der Waals surface area (Å²) in [5, 5.41) is 0. The molecule has 0 saturated heterocycles. The third-order valence-corrected chi connectivity index (χ3v) is 7.69. The Morgan fingerprint density at radius 2 is 1.59 bits per heavy atom. The lowest BCUT2D eigenvalue weighted by molar-refractivity contribution is 0.239. The highest BCUT2D eigenvalue weighted by molar-refractivity contribution is 5.56. The van der Waals surface area contributed by atoms with Gasteiger partial charge in [0.2, 0.25) is 0 Å². The predicted octanol–water partition coefficient (Wildman–Crippen LogP) is 7.04. The zero-order valence-corrected chi connectivity index (χ0v) is 22.7.